The van der Waals surface area contributed by atoms with E-state index in [4.69, 9.17) is 4.42 Å². The normalized spacial score (nSPS) is 11.6. The zero-order chi connectivity index (χ0) is 13.6. The van der Waals surface area contributed by atoms with Crippen molar-refractivity contribution in [2.45, 2.75) is 0 Å². The Labute approximate surface area is 116 Å². The van der Waals surface area contributed by atoms with Crippen LogP contribution in [0.1, 0.15) is 5.76 Å². The van der Waals surface area contributed by atoms with Crippen molar-refractivity contribution in [3.8, 4) is 0 Å². The van der Waals surface area contributed by atoms with Gasteiger partial charge in [0.25, 0.3) is 0 Å². The molecule has 4 heteroatoms. The summed E-state index contributed by atoms with van der Waals surface area (Å²) >= 11 is 0. The summed E-state index contributed by atoms with van der Waals surface area (Å²) in [6, 6.07) is 13.6. The van der Waals surface area contributed by atoms with Crippen LogP contribution in [0.4, 0.5) is 5.69 Å². The maximum absolute atomic E-state index is 5.18. The molecule has 0 atom stereocenters. The molecule has 20 heavy (non-hydrogen) atoms. The summed E-state index contributed by atoms with van der Waals surface area (Å²) in [6.45, 7) is 0. The minimum Gasteiger partial charge on any atom is -0.465 e. The van der Waals surface area contributed by atoms with Crippen LogP contribution in [0.5, 0.6) is 0 Å². The first kappa shape index (κ1) is 12.2. The summed E-state index contributed by atoms with van der Waals surface area (Å²) in [5, 5.41) is 5.23. The summed E-state index contributed by atoms with van der Waals surface area (Å²) in [7, 11) is 0. The summed E-state index contributed by atoms with van der Waals surface area (Å²) < 4.78 is 5.18. The number of anilines is 1. The number of nitrogens with zero attached hydrogens (tertiary/aromatic N) is 2. The van der Waals surface area contributed by atoms with Gasteiger partial charge in [-0.2, -0.15) is 5.10 Å². The number of aromatic nitrogens is 1. The zero-order valence-corrected chi connectivity index (χ0v) is 10.7. The van der Waals surface area contributed by atoms with Crippen LogP contribution in [0, 0.1) is 0 Å². The van der Waals surface area contributed by atoms with Crippen molar-refractivity contribution in [3.63, 3.8) is 0 Å². The molecule has 4 nitrogen and oxygen atoms in total. The van der Waals surface area contributed by atoms with Gasteiger partial charge in [0.1, 0.15) is 5.76 Å². The van der Waals surface area contributed by atoms with E-state index in [9.17, 15) is 0 Å². The van der Waals surface area contributed by atoms with E-state index in [1.165, 1.54) is 0 Å². The Bertz CT molecular complexity index is 740. The second kappa shape index (κ2) is 5.84. The molecule has 0 saturated heterocycles. The van der Waals surface area contributed by atoms with Gasteiger partial charge in [0.15, 0.2) is 0 Å². The van der Waals surface area contributed by atoms with Crippen LogP contribution in [0.25, 0.3) is 17.0 Å². The first-order chi connectivity index (χ1) is 9.93. The van der Waals surface area contributed by atoms with Gasteiger partial charge in [0, 0.05) is 17.8 Å². The average molecular weight is 263 g/mol. The molecule has 1 N–H and O–H groups in total. The Morgan fingerprint density at radius 1 is 1.10 bits per heavy atom. The molecule has 0 aliphatic carbocycles. The molecule has 0 aliphatic heterocycles. The van der Waals surface area contributed by atoms with Crippen molar-refractivity contribution in [2.75, 3.05) is 5.43 Å². The van der Waals surface area contributed by atoms with E-state index in [1.54, 1.807) is 18.7 Å². The molecule has 0 saturated carbocycles. The van der Waals surface area contributed by atoms with Crippen molar-refractivity contribution in [2.24, 2.45) is 5.10 Å². The van der Waals surface area contributed by atoms with E-state index in [0.717, 1.165) is 22.4 Å². The molecular formula is C16H13N3O. The van der Waals surface area contributed by atoms with Gasteiger partial charge in [-0.15, -0.1) is 0 Å². The Morgan fingerprint density at radius 2 is 2.05 bits per heavy atom. The number of nitrogens with one attached hydrogen (secondary N) is 1. The van der Waals surface area contributed by atoms with Crippen LogP contribution in [-0.2, 0) is 0 Å². The second-order valence-corrected chi connectivity index (χ2v) is 4.15. The van der Waals surface area contributed by atoms with E-state index < -0.39 is 0 Å². The third kappa shape index (κ3) is 2.75. The summed E-state index contributed by atoms with van der Waals surface area (Å²) in [5.74, 6) is 0.795. The highest BCUT2D eigenvalue weighted by Gasteiger charge is 1.98. The van der Waals surface area contributed by atoms with Crippen LogP contribution in [0.15, 0.2) is 70.5 Å². The first-order valence-electron chi connectivity index (χ1n) is 6.26. The lowest BCUT2D eigenvalue weighted by molar-refractivity contribution is 0.557. The van der Waals surface area contributed by atoms with Crippen molar-refractivity contribution >= 4 is 28.9 Å². The number of fused-ring (bicyclic) bond motifs is 1. The number of rotatable bonds is 4. The minimum atomic E-state index is 0.795. The number of pyridine rings is 1. The highest BCUT2D eigenvalue weighted by atomic mass is 16.3. The number of para-hydroxylation sites is 1. The molecule has 0 unspecified atom stereocenters. The highest BCUT2D eigenvalue weighted by Crippen LogP contribution is 2.20. The van der Waals surface area contributed by atoms with Crippen LogP contribution < -0.4 is 5.43 Å². The molecule has 2 aromatic heterocycles. The molecule has 3 aromatic rings. The summed E-state index contributed by atoms with van der Waals surface area (Å²) in [4.78, 5) is 4.35. The van der Waals surface area contributed by atoms with Gasteiger partial charge < -0.3 is 4.42 Å². The predicted molar refractivity (Wildman–Crippen MR) is 81.6 cm³/mol. The van der Waals surface area contributed by atoms with Gasteiger partial charge >= 0.3 is 0 Å². The number of allylic oxidation sites excluding steroid dienone is 1. The SMILES string of the molecule is C(=C\c1ccco1)/C=N/Nc1cccc2cccnc12. The first-order valence-corrected chi connectivity index (χ1v) is 6.26. The number of hydrogen-bond acceptors (Lipinski definition) is 4. The van der Waals surface area contributed by atoms with Crippen molar-refractivity contribution in [3.05, 3.63) is 66.8 Å². The number of furan rings is 1. The number of benzene rings is 1. The Kier molecular flexibility index (Phi) is 3.55. The lowest BCUT2D eigenvalue weighted by Gasteiger charge is -2.03. The lowest BCUT2D eigenvalue weighted by atomic mass is 10.2. The molecule has 0 bridgehead atoms. The van der Waals surface area contributed by atoms with Crippen LogP contribution in [0.3, 0.4) is 0 Å². The lowest BCUT2D eigenvalue weighted by Crippen LogP contribution is -1.91. The topological polar surface area (TPSA) is 50.4 Å². The Morgan fingerprint density at radius 3 is 2.95 bits per heavy atom. The van der Waals surface area contributed by atoms with Crippen molar-refractivity contribution in [1.29, 1.82) is 0 Å². The molecule has 98 valence electrons. The standard InChI is InChI=1S/C16H13N3O/c1-5-13-6-2-10-17-16(13)15(9-1)19-18-11-3-7-14-8-4-12-20-14/h1-12,19H/b7-3+,18-11+. The second-order valence-electron chi connectivity index (χ2n) is 4.15. The van der Waals surface area contributed by atoms with E-state index in [1.807, 2.05) is 54.6 Å². The maximum Gasteiger partial charge on any atom is 0.126 e. The van der Waals surface area contributed by atoms with Gasteiger partial charge in [0.05, 0.1) is 17.5 Å². The van der Waals surface area contributed by atoms with E-state index >= 15 is 0 Å². The van der Waals surface area contributed by atoms with Crippen LogP contribution in [-0.4, -0.2) is 11.2 Å². The molecule has 0 spiro atoms. The molecule has 2 heterocycles. The van der Waals surface area contributed by atoms with Gasteiger partial charge in [-0.3, -0.25) is 10.4 Å². The van der Waals surface area contributed by atoms with Crippen molar-refractivity contribution in [1.82, 2.24) is 4.98 Å². The number of hydrazone groups is 1. The molecular weight excluding hydrogens is 250 g/mol. The fraction of sp³-hybridized carbons (Fsp3) is 0. The molecule has 1 aromatic carbocycles. The largest absolute Gasteiger partial charge is 0.465 e. The predicted octanol–water partition coefficient (Wildman–Crippen LogP) is 3.94. The van der Waals surface area contributed by atoms with Gasteiger partial charge in [-0.05, 0) is 36.4 Å². The van der Waals surface area contributed by atoms with Crippen LogP contribution in [0.2, 0.25) is 0 Å². The van der Waals surface area contributed by atoms with Crippen molar-refractivity contribution < 1.29 is 4.42 Å². The highest BCUT2D eigenvalue weighted by molar-refractivity contribution is 5.90. The van der Waals surface area contributed by atoms with E-state index in [2.05, 4.69) is 15.5 Å². The smallest absolute Gasteiger partial charge is 0.126 e. The molecule has 0 aliphatic rings. The number of hydrogen-bond donors (Lipinski definition) is 1. The molecule has 0 fully saturated rings. The van der Waals surface area contributed by atoms with Gasteiger partial charge in [0.2, 0.25) is 0 Å². The Hall–Kier alpha value is -2.88. The van der Waals surface area contributed by atoms with E-state index in [-0.39, 0.29) is 0 Å². The quantitative estimate of drug-likeness (QED) is 0.573. The fourth-order valence-corrected chi connectivity index (χ4v) is 1.87. The summed E-state index contributed by atoms with van der Waals surface area (Å²) in [5.41, 5.74) is 4.78. The minimum absolute atomic E-state index is 0.795. The third-order valence-electron chi connectivity index (χ3n) is 2.78. The van der Waals surface area contributed by atoms with E-state index in [0.29, 0.717) is 0 Å². The maximum atomic E-state index is 5.18. The summed E-state index contributed by atoms with van der Waals surface area (Å²) in [6.07, 6.45) is 8.73. The Balaban J connectivity index is 1.71. The monoisotopic (exact) mass is 263 g/mol. The van der Waals surface area contributed by atoms with Gasteiger partial charge in [-0.1, -0.05) is 18.2 Å². The molecule has 3 rings (SSSR count). The fourth-order valence-electron chi connectivity index (χ4n) is 1.87. The van der Waals surface area contributed by atoms with Crippen LogP contribution >= 0.6 is 0 Å². The molecule has 0 radical (unpaired) electrons. The molecule has 0 amide bonds. The average Bonchev–Trinajstić information content (AvgIpc) is 3.00. The third-order valence-corrected chi connectivity index (χ3v) is 2.78. The zero-order valence-electron chi connectivity index (χ0n) is 10.7. The van der Waals surface area contributed by atoms with Gasteiger partial charge in [-0.25, -0.2) is 0 Å².